The fraction of sp³-hybridized carbons (Fsp3) is 0.500. The Balaban J connectivity index is 4.04. The number of nitrogens with zero attached hydrogens (tertiary/aromatic N) is 1. The first-order chi connectivity index (χ1) is 5.09. The monoisotopic (exact) mass is 155 g/mol. The second kappa shape index (κ2) is 4.66. The van der Waals surface area contributed by atoms with E-state index in [4.69, 9.17) is 0 Å². The van der Waals surface area contributed by atoms with Crippen LogP contribution in [0.4, 0.5) is 0 Å². The average Bonchev–Trinajstić information content (AvgIpc) is 1.98. The molecule has 0 aliphatic carbocycles. The van der Waals surface area contributed by atoms with Gasteiger partial charge in [0, 0.05) is 11.5 Å². The maximum Gasteiger partial charge on any atom is 0.166 e. The highest BCUT2D eigenvalue weighted by Gasteiger charge is 2.08. The predicted octanol–water partition coefficient (Wildman–Crippen LogP) is 1.40. The highest BCUT2D eigenvalue weighted by Crippen LogP contribution is 2.01. The Bertz CT molecular complexity index is 183. The van der Waals surface area contributed by atoms with Gasteiger partial charge in [0.1, 0.15) is 7.11 Å². The molecule has 3 heteroatoms. The maximum atomic E-state index is 11.1. The summed E-state index contributed by atoms with van der Waals surface area (Å²) in [4.78, 5) is 15.5. The third-order valence-corrected chi connectivity index (χ3v) is 1.15. The van der Waals surface area contributed by atoms with Gasteiger partial charge in [-0.15, -0.1) is 0 Å². The van der Waals surface area contributed by atoms with Gasteiger partial charge in [0.05, 0.1) is 6.21 Å². The fourth-order valence-corrected chi connectivity index (χ4v) is 0.551. The number of allylic oxidation sites excluding steroid dienone is 1. The molecule has 0 amide bonds. The lowest BCUT2D eigenvalue weighted by molar-refractivity contribution is -0.117. The van der Waals surface area contributed by atoms with E-state index in [1.54, 1.807) is 0 Å². The van der Waals surface area contributed by atoms with Crippen molar-refractivity contribution < 1.29 is 9.63 Å². The molecule has 0 aromatic rings. The van der Waals surface area contributed by atoms with Crippen molar-refractivity contribution in [3.8, 4) is 0 Å². The maximum absolute atomic E-state index is 11.1. The van der Waals surface area contributed by atoms with E-state index < -0.39 is 0 Å². The largest absolute Gasteiger partial charge is 0.399 e. The van der Waals surface area contributed by atoms with E-state index in [9.17, 15) is 4.79 Å². The van der Waals surface area contributed by atoms with Gasteiger partial charge in [0.2, 0.25) is 0 Å². The van der Waals surface area contributed by atoms with E-state index in [1.165, 1.54) is 13.3 Å². The number of hydrogen-bond acceptors (Lipinski definition) is 3. The summed E-state index contributed by atoms with van der Waals surface area (Å²) >= 11 is 0. The first-order valence-electron chi connectivity index (χ1n) is 3.39. The molecule has 0 saturated carbocycles. The van der Waals surface area contributed by atoms with E-state index in [0.717, 1.165) is 0 Å². The number of hydrogen-bond donors (Lipinski definition) is 0. The Labute approximate surface area is 66.7 Å². The number of Topliss-reactive ketones (excluding diaryl/α,β-unsaturated/α-hetero) is 1. The topological polar surface area (TPSA) is 38.7 Å². The molecule has 0 heterocycles. The molecule has 0 aliphatic heterocycles. The summed E-state index contributed by atoms with van der Waals surface area (Å²) in [6, 6.07) is 0. The number of carbonyl (C=O) groups is 1. The van der Waals surface area contributed by atoms with Crippen molar-refractivity contribution in [3.63, 3.8) is 0 Å². The lowest BCUT2D eigenvalue weighted by Gasteiger charge is -2.00. The van der Waals surface area contributed by atoms with Crippen molar-refractivity contribution in [2.24, 2.45) is 11.1 Å². The first kappa shape index (κ1) is 9.88. The van der Waals surface area contributed by atoms with Crippen LogP contribution in [0.1, 0.15) is 13.8 Å². The molecule has 0 N–H and O–H groups in total. The summed E-state index contributed by atoms with van der Waals surface area (Å²) in [5, 5.41) is 3.43. The van der Waals surface area contributed by atoms with Gasteiger partial charge in [-0.1, -0.05) is 25.6 Å². The molecule has 11 heavy (non-hydrogen) atoms. The van der Waals surface area contributed by atoms with Gasteiger partial charge in [-0.25, -0.2) is 0 Å². The lowest BCUT2D eigenvalue weighted by atomic mass is 10.0. The summed E-state index contributed by atoms with van der Waals surface area (Å²) in [5.74, 6) is -0.0448. The molecule has 0 atom stereocenters. The summed E-state index contributed by atoms with van der Waals surface area (Å²) in [6.45, 7) is 7.16. The molecule has 0 spiro atoms. The van der Waals surface area contributed by atoms with E-state index in [1.807, 2.05) is 13.8 Å². The Hall–Kier alpha value is -1.12. The SMILES string of the molecule is C=C(/C=N\OC)C(=O)C(C)C. The molecule has 0 saturated heterocycles. The Kier molecular flexibility index (Phi) is 4.18. The zero-order valence-corrected chi connectivity index (χ0v) is 7.13. The lowest BCUT2D eigenvalue weighted by Crippen LogP contribution is -2.10. The van der Waals surface area contributed by atoms with Crippen LogP contribution in [0.25, 0.3) is 0 Å². The zero-order valence-electron chi connectivity index (χ0n) is 7.13. The van der Waals surface area contributed by atoms with Crippen LogP contribution in [-0.2, 0) is 9.63 Å². The van der Waals surface area contributed by atoms with Crippen LogP contribution < -0.4 is 0 Å². The van der Waals surface area contributed by atoms with E-state index >= 15 is 0 Å². The normalized spacial score (nSPS) is 10.5. The van der Waals surface area contributed by atoms with Crippen molar-refractivity contribution in [1.29, 1.82) is 0 Å². The molecule has 0 rings (SSSR count). The van der Waals surface area contributed by atoms with Gasteiger partial charge in [-0.3, -0.25) is 4.79 Å². The Morgan fingerprint density at radius 2 is 2.18 bits per heavy atom. The summed E-state index contributed by atoms with van der Waals surface area (Å²) < 4.78 is 0. The quantitative estimate of drug-likeness (QED) is 0.349. The van der Waals surface area contributed by atoms with Gasteiger partial charge in [-0.05, 0) is 0 Å². The molecular weight excluding hydrogens is 142 g/mol. The number of rotatable bonds is 4. The van der Waals surface area contributed by atoms with Crippen molar-refractivity contribution in [3.05, 3.63) is 12.2 Å². The van der Waals surface area contributed by atoms with Gasteiger partial charge in [0.15, 0.2) is 5.78 Å². The average molecular weight is 155 g/mol. The molecule has 0 radical (unpaired) electrons. The van der Waals surface area contributed by atoms with Crippen LogP contribution in [0, 0.1) is 5.92 Å². The number of carbonyl (C=O) groups excluding carboxylic acids is 1. The van der Waals surface area contributed by atoms with Crippen molar-refractivity contribution in [1.82, 2.24) is 0 Å². The van der Waals surface area contributed by atoms with Crippen LogP contribution in [0.15, 0.2) is 17.3 Å². The van der Waals surface area contributed by atoms with E-state index in [0.29, 0.717) is 5.57 Å². The first-order valence-corrected chi connectivity index (χ1v) is 3.39. The molecule has 0 aliphatic rings. The summed E-state index contributed by atoms with van der Waals surface area (Å²) in [7, 11) is 1.42. The molecule has 0 bridgehead atoms. The Morgan fingerprint density at radius 1 is 1.64 bits per heavy atom. The van der Waals surface area contributed by atoms with Crippen LogP contribution in [0.2, 0.25) is 0 Å². The predicted molar refractivity (Wildman–Crippen MR) is 44.5 cm³/mol. The fourth-order valence-electron chi connectivity index (χ4n) is 0.551. The van der Waals surface area contributed by atoms with Crippen LogP contribution in [-0.4, -0.2) is 19.1 Å². The van der Waals surface area contributed by atoms with Gasteiger partial charge in [0.25, 0.3) is 0 Å². The number of oxime groups is 1. The third-order valence-electron chi connectivity index (χ3n) is 1.15. The summed E-state index contributed by atoms with van der Waals surface area (Å²) in [5.41, 5.74) is 0.377. The second-order valence-electron chi connectivity index (χ2n) is 2.46. The molecular formula is C8H13NO2. The standard InChI is InChI=1S/C8H13NO2/c1-6(2)8(10)7(3)5-9-11-4/h5-6H,3H2,1-2,4H3/b9-5-. The molecule has 0 aromatic carbocycles. The second-order valence-corrected chi connectivity index (χ2v) is 2.46. The van der Waals surface area contributed by atoms with Gasteiger partial charge >= 0.3 is 0 Å². The van der Waals surface area contributed by atoms with Crippen molar-refractivity contribution in [2.75, 3.05) is 7.11 Å². The van der Waals surface area contributed by atoms with E-state index in [2.05, 4.69) is 16.6 Å². The van der Waals surface area contributed by atoms with Crippen molar-refractivity contribution >= 4 is 12.0 Å². The third kappa shape index (κ3) is 3.55. The van der Waals surface area contributed by atoms with Crippen molar-refractivity contribution in [2.45, 2.75) is 13.8 Å². The van der Waals surface area contributed by atoms with Gasteiger partial charge < -0.3 is 4.84 Å². The van der Waals surface area contributed by atoms with Crippen LogP contribution >= 0.6 is 0 Å². The van der Waals surface area contributed by atoms with Gasteiger partial charge in [-0.2, -0.15) is 0 Å². The minimum atomic E-state index is -0.0363. The zero-order chi connectivity index (χ0) is 8.85. The Morgan fingerprint density at radius 3 is 2.55 bits per heavy atom. The molecule has 0 unspecified atom stereocenters. The number of ketones is 1. The van der Waals surface area contributed by atoms with Crippen LogP contribution in [0.3, 0.4) is 0 Å². The molecule has 62 valence electrons. The highest BCUT2D eigenvalue weighted by atomic mass is 16.6. The minimum Gasteiger partial charge on any atom is -0.399 e. The molecule has 3 nitrogen and oxygen atoms in total. The summed E-state index contributed by atoms with van der Waals surface area (Å²) in [6.07, 6.45) is 1.32. The smallest absolute Gasteiger partial charge is 0.166 e. The minimum absolute atomic E-state index is 0.00852. The highest BCUT2D eigenvalue weighted by molar-refractivity contribution is 6.13. The van der Waals surface area contributed by atoms with Crippen LogP contribution in [0.5, 0.6) is 0 Å². The van der Waals surface area contributed by atoms with E-state index in [-0.39, 0.29) is 11.7 Å². The molecule has 0 aromatic heterocycles. The molecule has 0 fully saturated rings.